The molecule has 0 atom stereocenters. The zero-order chi connectivity index (χ0) is 24.2. The molecule has 34 heavy (non-hydrogen) atoms. The van der Waals surface area contributed by atoms with Gasteiger partial charge in [-0.2, -0.15) is 5.10 Å². The fourth-order valence-corrected chi connectivity index (χ4v) is 3.39. The molecule has 2 aromatic carbocycles. The highest BCUT2D eigenvalue weighted by Crippen LogP contribution is 2.23. The van der Waals surface area contributed by atoms with Crippen LogP contribution in [0.15, 0.2) is 65.1 Å². The van der Waals surface area contributed by atoms with Gasteiger partial charge >= 0.3 is 0 Å². The average Bonchev–Trinajstić information content (AvgIpc) is 3.40. The molecule has 1 N–H and O–H groups in total. The highest BCUT2D eigenvalue weighted by atomic mass is 19.1. The van der Waals surface area contributed by atoms with E-state index in [2.05, 4.69) is 10.4 Å². The lowest BCUT2D eigenvalue weighted by molar-refractivity contribution is -0.384. The Bertz CT molecular complexity index is 1340. The summed E-state index contributed by atoms with van der Waals surface area (Å²) < 4.78 is 26.8. The zero-order valence-electron chi connectivity index (χ0n) is 18.4. The number of furan rings is 1. The third-order valence-electron chi connectivity index (χ3n) is 5.21. The van der Waals surface area contributed by atoms with Gasteiger partial charge in [0.15, 0.2) is 5.76 Å². The second kappa shape index (κ2) is 9.57. The number of ether oxygens (including phenoxy) is 1. The maximum absolute atomic E-state index is 14.0. The summed E-state index contributed by atoms with van der Waals surface area (Å²) in [5.74, 6) is 0.148. The number of nitrogens with one attached hydrogen (secondary N) is 1. The summed E-state index contributed by atoms with van der Waals surface area (Å²) in [5.41, 5.74) is 2.26. The number of aryl methyl sites for hydroxylation is 1. The summed E-state index contributed by atoms with van der Waals surface area (Å²) in [6.07, 6.45) is 0. The molecule has 1 amide bonds. The molecule has 2 heterocycles. The van der Waals surface area contributed by atoms with Crippen LogP contribution in [0.1, 0.15) is 33.3 Å². The lowest BCUT2D eigenvalue weighted by Crippen LogP contribution is -2.12. The van der Waals surface area contributed by atoms with Crippen LogP contribution in [0.25, 0.3) is 0 Å². The van der Waals surface area contributed by atoms with Gasteiger partial charge in [0.1, 0.15) is 23.9 Å². The van der Waals surface area contributed by atoms with Gasteiger partial charge in [-0.05, 0) is 44.2 Å². The fraction of sp³-hybridized carbons (Fsp3) is 0.167. The molecule has 10 heteroatoms. The second-order valence-electron chi connectivity index (χ2n) is 7.55. The maximum Gasteiger partial charge on any atom is 0.291 e. The molecule has 0 saturated heterocycles. The van der Waals surface area contributed by atoms with E-state index in [4.69, 9.17) is 9.15 Å². The number of hydrogen-bond acceptors (Lipinski definition) is 6. The monoisotopic (exact) mass is 464 g/mol. The number of nitro benzene ring substituents is 1. The van der Waals surface area contributed by atoms with E-state index in [-0.39, 0.29) is 30.4 Å². The van der Waals surface area contributed by atoms with E-state index < -0.39 is 10.8 Å². The number of aromatic nitrogens is 2. The van der Waals surface area contributed by atoms with E-state index in [1.165, 1.54) is 36.4 Å². The standard InChI is InChI=1S/C24H21FN4O5/c1-15-23(16(2)28(27-15)13-17-5-3-4-6-21(17)25)26-24(30)22-12-11-20(34-22)14-33-19-9-7-18(8-10-19)29(31)32/h3-12H,13-14H2,1-2H3,(H,26,30). The number of nitro groups is 1. The molecule has 4 aromatic rings. The van der Waals surface area contributed by atoms with E-state index in [1.54, 1.807) is 42.8 Å². The fourth-order valence-electron chi connectivity index (χ4n) is 3.39. The molecule has 0 aliphatic carbocycles. The molecule has 0 aliphatic rings. The van der Waals surface area contributed by atoms with Crippen molar-refractivity contribution in [3.63, 3.8) is 0 Å². The first kappa shape index (κ1) is 22.7. The third kappa shape index (κ3) is 4.96. The van der Waals surface area contributed by atoms with Gasteiger partial charge in [0.05, 0.1) is 28.5 Å². The van der Waals surface area contributed by atoms with Crippen LogP contribution in [0.4, 0.5) is 15.8 Å². The summed E-state index contributed by atoms with van der Waals surface area (Å²) in [6.45, 7) is 3.83. The van der Waals surface area contributed by atoms with Gasteiger partial charge in [-0.1, -0.05) is 18.2 Å². The first-order chi connectivity index (χ1) is 16.3. The molecule has 4 rings (SSSR count). The smallest absolute Gasteiger partial charge is 0.291 e. The van der Waals surface area contributed by atoms with Gasteiger partial charge in [-0.15, -0.1) is 0 Å². The van der Waals surface area contributed by atoms with E-state index in [0.717, 1.165) is 0 Å². The highest BCUT2D eigenvalue weighted by molar-refractivity contribution is 6.02. The number of hydrogen-bond donors (Lipinski definition) is 1. The number of halogens is 1. The lowest BCUT2D eigenvalue weighted by Gasteiger charge is -2.07. The molecule has 2 aromatic heterocycles. The van der Waals surface area contributed by atoms with Crippen molar-refractivity contribution < 1.29 is 23.3 Å². The summed E-state index contributed by atoms with van der Waals surface area (Å²) in [6, 6.07) is 15.3. The Labute approximate surface area is 193 Å². The van der Waals surface area contributed by atoms with Crippen molar-refractivity contribution in [1.29, 1.82) is 0 Å². The number of carbonyl (C=O) groups is 1. The topological polar surface area (TPSA) is 112 Å². The van der Waals surface area contributed by atoms with Crippen molar-refractivity contribution in [1.82, 2.24) is 9.78 Å². The van der Waals surface area contributed by atoms with Crippen molar-refractivity contribution in [2.24, 2.45) is 0 Å². The van der Waals surface area contributed by atoms with Gasteiger partial charge in [0, 0.05) is 17.7 Å². The van der Waals surface area contributed by atoms with Crippen molar-refractivity contribution >= 4 is 17.3 Å². The molecule has 174 valence electrons. The molecule has 0 aliphatic heterocycles. The van der Waals surface area contributed by atoms with Crippen LogP contribution < -0.4 is 10.1 Å². The van der Waals surface area contributed by atoms with Crippen LogP contribution in [0, 0.1) is 29.8 Å². The van der Waals surface area contributed by atoms with Crippen molar-refractivity contribution in [3.05, 3.63) is 105 Å². The number of non-ortho nitro benzene ring substituents is 1. The number of carbonyl (C=O) groups excluding carboxylic acids is 1. The SMILES string of the molecule is Cc1nn(Cc2ccccc2F)c(C)c1NC(=O)c1ccc(COc2ccc([N+](=O)[O-])cc2)o1. The van der Waals surface area contributed by atoms with Crippen molar-refractivity contribution in [2.75, 3.05) is 5.32 Å². The number of anilines is 1. The molecule has 0 saturated carbocycles. The molecule has 0 bridgehead atoms. The molecular weight excluding hydrogens is 443 g/mol. The Morgan fingerprint density at radius 1 is 1.15 bits per heavy atom. The van der Waals surface area contributed by atoms with Crippen LogP contribution in [0.5, 0.6) is 5.75 Å². The van der Waals surface area contributed by atoms with Gasteiger partial charge in [-0.3, -0.25) is 19.6 Å². The summed E-state index contributed by atoms with van der Waals surface area (Å²) in [4.78, 5) is 23.0. The molecule has 0 fully saturated rings. The van der Waals surface area contributed by atoms with Crippen LogP contribution >= 0.6 is 0 Å². The van der Waals surface area contributed by atoms with Gasteiger partial charge in [0.25, 0.3) is 11.6 Å². The van der Waals surface area contributed by atoms with Crippen molar-refractivity contribution in [2.45, 2.75) is 27.0 Å². The molecule has 0 radical (unpaired) electrons. The second-order valence-corrected chi connectivity index (χ2v) is 7.55. The number of rotatable bonds is 8. The first-order valence-corrected chi connectivity index (χ1v) is 10.4. The van der Waals surface area contributed by atoms with E-state index >= 15 is 0 Å². The first-order valence-electron chi connectivity index (χ1n) is 10.4. The third-order valence-corrected chi connectivity index (χ3v) is 5.21. The Balaban J connectivity index is 1.40. The summed E-state index contributed by atoms with van der Waals surface area (Å²) in [7, 11) is 0. The van der Waals surface area contributed by atoms with E-state index in [9.17, 15) is 19.3 Å². The number of benzene rings is 2. The van der Waals surface area contributed by atoms with Gasteiger partial charge in [-0.25, -0.2) is 4.39 Å². The molecular formula is C24H21FN4O5. The highest BCUT2D eigenvalue weighted by Gasteiger charge is 2.18. The van der Waals surface area contributed by atoms with Crippen LogP contribution in [-0.4, -0.2) is 20.6 Å². The van der Waals surface area contributed by atoms with Gasteiger partial charge < -0.3 is 14.5 Å². The minimum Gasteiger partial charge on any atom is -0.486 e. The predicted molar refractivity (Wildman–Crippen MR) is 121 cm³/mol. The Hall–Kier alpha value is -4.47. The Morgan fingerprint density at radius 2 is 1.88 bits per heavy atom. The molecule has 0 unspecified atom stereocenters. The molecule has 0 spiro atoms. The predicted octanol–water partition coefficient (Wildman–Crippen LogP) is 5.02. The molecule has 9 nitrogen and oxygen atoms in total. The minimum absolute atomic E-state index is 0.0351. The normalized spacial score (nSPS) is 10.8. The van der Waals surface area contributed by atoms with E-state index in [1.807, 2.05) is 0 Å². The summed E-state index contributed by atoms with van der Waals surface area (Å²) in [5, 5.41) is 17.9. The largest absolute Gasteiger partial charge is 0.486 e. The quantitative estimate of drug-likeness (QED) is 0.289. The maximum atomic E-state index is 14.0. The Kier molecular flexibility index (Phi) is 6.39. The minimum atomic E-state index is -0.492. The van der Waals surface area contributed by atoms with Gasteiger partial charge in [0.2, 0.25) is 0 Å². The number of nitrogens with zero attached hydrogens (tertiary/aromatic N) is 3. The lowest BCUT2D eigenvalue weighted by atomic mass is 10.2. The Morgan fingerprint density at radius 3 is 2.59 bits per heavy atom. The average molecular weight is 464 g/mol. The van der Waals surface area contributed by atoms with Crippen LogP contribution in [0.3, 0.4) is 0 Å². The van der Waals surface area contributed by atoms with Crippen molar-refractivity contribution in [3.8, 4) is 5.75 Å². The summed E-state index contributed by atoms with van der Waals surface area (Å²) >= 11 is 0. The van der Waals surface area contributed by atoms with Crippen LogP contribution in [-0.2, 0) is 13.2 Å². The van der Waals surface area contributed by atoms with E-state index in [0.29, 0.717) is 34.1 Å². The van der Waals surface area contributed by atoms with Crippen LogP contribution in [0.2, 0.25) is 0 Å². The number of amides is 1. The zero-order valence-corrected chi connectivity index (χ0v) is 18.4.